The molecule has 0 aromatic heterocycles. The first-order valence-electron chi connectivity index (χ1n) is 8.04. The molecule has 0 unspecified atom stereocenters. The number of carbonyl (C=O) groups excluding carboxylic acids is 1. The smallest absolute Gasteiger partial charge is 0.320 e. The van der Waals surface area contributed by atoms with Gasteiger partial charge in [0, 0.05) is 18.9 Å². The Labute approximate surface area is 139 Å². The summed E-state index contributed by atoms with van der Waals surface area (Å²) in [5, 5.41) is 6.25. The number of hydrogen-bond donors (Lipinski definition) is 3. The molecule has 0 saturated carbocycles. The normalized spacial score (nSPS) is 12.0. The Morgan fingerprint density at radius 1 is 0.870 bits per heavy atom. The van der Waals surface area contributed by atoms with Gasteiger partial charge >= 0.3 is 6.47 Å². The zero-order valence-corrected chi connectivity index (χ0v) is 13.9. The monoisotopic (exact) mass is 319 g/mol. The highest BCUT2D eigenvalue weighted by atomic mass is 16.7. The summed E-state index contributed by atoms with van der Waals surface area (Å²) < 4.78 is 0. The van der Waals surface area contributed by atoms with Crippen LogP contribution in [0.4, 0.5) is 0 Å². The van der Waals surface area contributed by atoms with Crippen LogP contribution in [-0.4, -0.2) is 13.0 Å². The molecule has 0 spiro atoms. The number of hydroxylamine groups is 1. The Bertz CT molecular complexity index is 399. The summed E-state index contributed by atoms with van der Waals surface area (Å²) in [5.74, 6) is 0. The molecule has 0 saturated heterocycles. The van der Waals surface area contributed by atoms with Crippen LogP contribution in [0.25, 0.3) is 0 Å². The fourth-order valence-corrected chi connectivity index (χ4v) is 1.58. The van der Waals surface area contributed by atoms with Gasteiger partial charge in [-0.1, -0.05) is 44.4 Å². The molecule has 0 amide bonds. The highest BCUT2D eigenvalue weighted by Crippen LogP contribution is 2.02. The molecule has 0 heterocycles. The average Bonchev–Trinajstić information content (AvgIpc) is 2.57. The van der Waals surface area contributed by atoms with Gasteiger partial charge in [-0.3, -0.25) is 4.79 Å². The van der Waals surface area contributed by atoms with Crippen molar-refractivity contribution in [1.82, 2.24) is 16.1 Å². The lowest BCUT2D eigenvalue weighted by molar-refractivity contribution is -0.133. The number of rotatable bonds is 15. The van der Waals surface area contributed by atoms with Gasteiger partial charge in [0.1, 0.15) is 0 Å². The lowest BCUT2D eigenvalue weighted by Gasteiger charge is -1.96. The van der Waals surface area contributed by atoms with Gasteiger partial charge in [-0.05, 0) is 43.5 Å². The molecule has 5 heteroatoms. The molecular formula is C18H29N3O2. The first-order chi connectivity index (χ1) is 11.4. The molecule has 3 N–H and O–H groups in total. The summed E-state index contributed by atoms with van der Waals surface area (Å²) in [6.07, 6.45) is 25.0. The molecule has 0 radical (unpaired) electrons. The summed E-state index contributed by atoms with van der Waals surface area (Å²) in [5.41, 5.74) is 2.32. The second kappa shape index (κ2) is 19.6. The van der Waals surface area contributed by atoms with Crippen LogP contribution in [0.15, 0.2) is 61.3 Å². The Balaban J connectivity index is 3.44. The Hall–Kier alpha value is -2.43. The molecule has 0 atom stereocenters. The minimum atomic E-state index is 0.322. The summed E-state index contributed by atoms with van der Waals surface area (Å²) in [6, 6.07) is 0. The van der Waals surface area contributed by atoms with E-state index in [1.165, 1.54) is 31.9 Å². The first kappa shape index (κ1) is 20.6. The van der Waals surface area contributed by atoms with Crippen molar-refractivity contribution in [2.75, 3.05) is 6.54 Å². The molecule has 0 aliphatic carbocycles. The SMILES string of the molecule is CCCCCCC=CNCC=CN/C=C/C=C/C=CNOC=O. The third kappa shape index (κ3) is 19.6. The number of carbonyl (C=O) groups is 1. The van der Waals surface area contributed by atoms with Crippen LogP contribution in [-0.2, 0) is 9.63 Å². The van der Waals surface area contributed by atoms with Crippen LogP contribution < -0.4 is 16.1 Å². The summed E-state index contributed by atoms with van der Waals surface area (Å²) in [6.45, 7) is 3.35. The highest BCUT2D eigenvalue weighted by Gasteiger charge is 1.83. The molecule has 0 aliphatic heterocycles. The van der Waals surface area contributed by atoms with Gasteiger partial charge in [0.15, 0.2) is 0 Å². The van der Waals surface area contributed by atoms with Gasteiger partial charge in [0.05, 0.1) is 0 Å². The zero-order valence-electron chi connectivity index (χ0n) is 13.9. The van der Waals surface area contributed by atoms with Crippen molar-refractivity contribution in [3.8, 4) is 0 Å². The fourth-order valence-electron chi connectivity index (χ4n) is 1.58. The molecule has 0 rings (SSSR count). The maximum Gasteiger partial charge on any atom is 0.320 e. The maximum absolute atomic E-state index is 9.82. The minimum absolute atomic E-state index is 0.322. The van der Waals surface area contributed by atoms with Crippen molar-refractivity contribution in [1.29, 1.82) is 0 Å². The number of unbranched alkanes of at least 4 members (excludes halogenated alkanes) is 4. The molecule has 0 aromatic rings. The second-order valence-corrected chi connectivity index (χ2v) is 4.66. The zero-order chi connectivity index (χ0) is 16.8. The van der Waals surface area contributed by atoms with E-state index < -0.39 is 0 Å². The first-order valence-corrected chi connectivity index (χ1v) is 8.04. The third-order valence-corrected chi connectivity index (χ3v) is 2.72. The molecule has 23 heavy (non-hydrogen) atoms. The van der Waals surface area contributed by atoms with Crippen molar-refractivity contribution >= 4 is 6.47 Å². The highest BCUT2D eigenvalue weighted by molar-refractivity contribution is 5.36. The number of nitrogens with one attached hydrogen (secondary N) is 3. The summed E-state index contributed by atoms with van der Waals surface area (Å²) in [4.78, 5) is 14.1. The van der Waals surface area contributed by atoms with Gasteiger partial charge in [-0.15, -0.1) is 0 Å². The van der Waals surface area contributed by atoms with Gasteiger partial charge < -0.3 is 15.5 Å². The van der Waals surface area contributed by atoms with E-state index in [0.29, 0.717) is 6.47 Å². The van der Waals surface area contributed by atoms with Gasteiger partial charge in [0.2, 0.25) is 0 Å². The predicted molar refractivity (Wildman–Crippen MR) is 95.9 cm³/mol. The Morgan fingerprint density at radius 2 is 1.70 bits per heavy atom. The molecule has 0 aromatic carbocycles. The van der Waals surface area contributed by atoms with E-state index in [0.717, 1.165) is 13.0 Å². The molecule has 0 fully saturated rings. The third-order valence-electron chi connectivity index (χ3n) is 2.72. The van der Waals surface area contributed by atoms with E-state index in [-0.39, 0.29) is 0 Å². The molecule has 5 nitrogen and oxygen atoms in total. The standard InChI is InChI=1S/C18H29N3O2/c1-2-3-4-5-6-9-13-19-15-12-16-20-14-10-7-8-11-17-21-23-18-22/h7-14,16-21H,2-6,15H2,1H3/b8-7+,13-9?,14-10+,16-12?,17-11?. The maximum atomic E-state index is 9.82. The minimum Gasteiger partial charge on any atom is -0.388 e. The summed E-state index contributed by atoms with van der Waals surface area (Å²) in [7, 11) is 0. The van der Waals surface area contributed by atoms with Crippen LogP contribution in [0.1, 0.15) is 39.0 Å². The predicted octanol–water partition coefficient (Wildman–Crippen LogP) is 3.42. The number of hydrogen-bond acceptors (Lipinski definition) is 5. The molecule has 0 aliphatic rings. The lowest BCUT2D eigenvalue weighted by atomic mass is 10.1. The van der Waals surface area contributed by atoms with Gasteiger partial charge in [0.25, 0.3) is 0 Å². The quantitative estimate of drug-likeness (QED) is 0.187. The van der Waals surface area contributed by atoms with Crippen LogP contribution in [0.5, 0.6) is 0 Å². The largest absolute Gasteiger partial charge is 0.388 e. The molecule has 128 valence electrons. The van der Waals surface area contributed by atoms with E-state index in [9.17, 15) is 4.79 Å². The van der Waals surface area contributed by atoms with Crippen LogP contribution in [0.2, 0.25) is 0 Å². The number of allylic oxidation sites excluding steroid dienone is 5. The topological polar surface area (TPSA) is 62.4 Å². The van der Waals surface area contributed by atoms with E-state index in [4.69, 9.17) is 0 Å². The lowest BCUT2D eigenvalue weighted by Crippen LogP contribution is -2.04. The Morgan fingerprint density at radius 3 is 2.48 bits per heavy atom. The van der Waals surface area contributed by atoms with Crippen molar-refractivity contribution in [3.05, 3.63) is 61.3 Å². The fraction of sp³-hybridized carbons (Fsp3) is 0.389. The second-order valence-electron chi connectivity index (χ2n) is 4.66. The summed E-state index contributed by atoms with van der Waals surface area (Å²) >= 11 is 0. The van der Waals surface area contributed by atoms with E-state index in [1.54, 1.807) is 12.2 Å². The molecule has 0 bridgehead atoms. The van der Waals surface area contributed by atoms with Crippen LogP contribution in [0.3, 0.4) is 0 Å². The molecular weight excluding hydrogens is 290 g/mol. The van der Waals surface area contributed by atoms with Crippen molar-refractivity contribution < 1.29 is 9.63 Å². The van der Waals surface area contributed by atoms with E-state index >= 15 is 0 Å². The van der Waals surface area contributed by atoms with Gasteiger partial charge in [-0.2, -0.15) is 0 Å². The van der Waals surface area contributed by atoms with Crippen molar-refractivity contribution in [2.45, 2.75) is 39.0 Å². The van der Waals surface area contributed by atoms with E-state index in [1.807, 2.05) is 36.8 Å². The van der Waals surface area contributed by atoms with E-state index in [2.05, 4.69) is 34.0 Å². The Kier molecular flexibility index (Phi) is 17.5. The van der Waals surface area contributed by atoms with Crippen LogP contribution >= 0.6 is 0 Å². The van der Waals surface area contributed by atoms with Crippen molar-refractivity contribution in [3.63, 3.8) is 0 Å². The van der Waals surface area contributed by atoms with Crippen molar-refractivity contribution in [2.24, 2.45) is 0 Å². The average molecular weight is 319 g/mol. The van der Waals surface area contributed by atoms with Crippen LogP contribution in [0, 0.1) is 0 Å². The van der Waals surface area contributed by atoms with Gasteiger partial charge in [-0.25, -0.2) is 5.48 Å².